The van der Waals surface area contributed by atoms with E-state index >= 15 is 0 Å². The van der Waals surface area contributed by atoms with Gasteiger partial charge in [-0.25, -0.2) is 9.78 Å². The summed E-state index contributed by atoms with van der Waals surface area (Å²) < 4.78 is 5.06. The number of benzene rings is 1. The third-order valence-corrected chi connectivity index (χ3v) is 3.04. The van der Waals surface area contributed by atoms with Crippen LogP contribution in [0, 0.1) is 0 Å². The molecule has 0 unspecified atom stereocenters. The summed E-state index contributed by atoms with van der Waals surface area (Å²) in [6, 6.07) is 6.67. The number of nitrogens with one attached hydrogen (secondary N) is 3. The van der Waals surface area contributed by atoms with Gasteiger partial charge in [0.25, 0.3) is 5.91 Å². The average Bonchev–Trinajstić information content (AvgIpc) is 2.61. The molecule has 3 amide bonds. The van der Waals surface area contributed by atoms with Crippen molar-refractivity contribution in [2.45, 2.75) is 26.4 Å². The van der Waals surface area contributed by atoms with Gasteiger partial charge in [0, 0.05) is 12.4 Å². The van der Waals surface area contributed by atoms with Crippen LogP contribution in [0.1, 0.15) is 31.3 Å². The lowest BCUT2D eigenvalue weighted by atomic mass is 10.2. The minimum atomic E-state index is -0.693. The van der Waals surface area contributed by atoms with Gasteiger partial charge in [-0.15, -0.1) is 0 Å². The molecule has 0 radical (unpaired) electrons. The molecule has 3 N–H and O–H groups in total. The number of amides is 3. The van der Waals surface area contributed by atoms with Crippen molar-refractivity contribution < 1.29 is 19.1 Å². The van der Waals surface area contributed by atoms with E-state index in [1.165, 1.54) is 18.6 Å². The molecule has 1 aromatic carbocycles. The fourth-order valence-corrected chi connectivity index (χ4v) is 1.96. The molecule has 142 valence electrons. The van der Waals surface area contributed by atoms with Crippen LogP contribution in [0.4, 0.5) is 16.2 Å². The summed E-state index contributed by atoms with van der Waals surface area (Å²) in [6.07, 6.45) is 3.51. The van der Waals surface area contributed by atoms with Crippen LogP contribution in [-0.4, -0.2) is 40.0 Å². The molecule has 2 aromatic rings. The summed E-state index contributed by atoms with van der Waals surface area (Å²) in [6.45, 7) is 4.90. The number of aromatic nitrogens is 2. The Morgan fingerprint density at radius 2 is 1.70 bits per heavy atom. The number of rotatable bonds is 5. The van der Waals surface area contributed by atoms with Crippen LogP contribution in [0.3, 0.4) is 0 Å². The smallest absolute Gasteiger partial charge is 0.408 e. The van der Waals surface area contributed by atoms with Gasteiger partial charge in [0.15, 0.2) is 0 Å². The van der Waals surface area contributed by atoms with Crippen molar-refractivity contribution in [3.8, 4) is 0 Å². The fraction of sp³-hybridized carbons (Fsp3) is 0.278. The molecule has 0 bridgehead atoms. The number of carbonyl (C=O) groups excluding carboxylic acids is 3. The van der Waals surface area contributed by atoms with E-state index < -0.39 is 23.5 Å². The minimum Gasteiger partial charge on any atom is -0.444 e. The predicted molar refractivity (Wildman–Crippen MR) is 99.3 cm³/mol. The van der Waals surface area contributed by atoms with Crippen molar-refractivity contribution in [2.75, 3.05) is 17.2 Å². The number of carbonyl (C=O) groups is 3. The van der Waals surface area contributed by atoms with E-state index in [1.807, 2.05) is 0 Å². The van der Waals surface area contributed by atoms with Gasteiger partial charge in [0.05, 0.1) is 17.6 Å². The average molecular weight is 371 g/mol. The first-order valence-corrected chi connectivity index (χ1v) is 8.18. The van der Waals surface area contributed by atoms with Crippen LogP contribution >= 0.6 is 0 Å². The zero-order valence-corrected chi connectivity index (χ0v) is 15.3. The molecule has 0 atom stereocenters. The molecule has 0 saturated heterocycles. The van der Waals surface area contributed by atoms with Crippen molar-refractivity contribution in [3.05, 3.63) is 48.5 Å². The van der Waals surface area contributed by atoms with Crippen molar-refractivity contribution in [2.24, 2.45) is 0 Å². The Balaban J connectivity index is 1.96. The molecule has 1 heterocycles. The van der Waals surface area contributed by atoms with Crippen molar-refractivity contribution in [1.82, 2.24) is 15.3 Å². The standard InChI is InChI=1S/C18H21N5O4/c1-18(2,3)27-17(26)21-11-15(24)22-12-6-4-5-7-13(12)23-16(25)14-10-19-8-9-20-14/h4-10H,11H2,1-3H3,(H,21,26)(H,22,24)(H,23,25). The van der Waals surface area contributed by atoms with Crippen LogP contribution in [-0.2, 0) is 9.53 Å². The maximum atomic E-state index is 12.2. The molecule has 9 heteroatoms. The highest BCUT2D eigenvalue weighted by atomic mass is 16.6. The summed E-state index contributed by atoms with van der Waals surface area (Å²) in [5.74, 6) is -0.932. The van der Waals surface area contributed by atoms with Gasteiger partial charge in [-0.2, -0.15) is 0 Å². The lowest BCUT2D eigenvalue weighted by molar-refractivity contribution is -0.115. The number of nitrogens with zero attached hydrogens (tertiary/aromatic N) is 2. The monoisotopic (exact) mass is 371 g/mol. The first-order valence-electron chi connectivity index (χ1n) is 8.18. The molecular weight excluding hydrogens is 350 g/mol. The van der Waals surface area contributed by atoms with Crippen LogP contribution in [0.25, 0.3) is 0 Å². The molecule has 2 rings (SSSR count). The predicted octanol–water partition coefficient (Wildman–Crippen LogP) is 2.19. The summed E-state index contributed by atoms with van der Waals surface area (Å²) in [5, 5.41) is 7.65. The zero-order valence-electron chi connectivity index (χ0n) is 15.3. The van der Waals surface area contributed by atoms with Gasteiger partial charge < -0.3 is 20.7 Å². The van der Waals surface area contributed by atoms with Crippen LogP contribution in [0.2, 0.25) is 0 Å². The van der Waals surface area contributed by atoms with Gasteiger partial charge in [-0.3, -0.25) is 14.6 Å². The van der Waals surface area contributed by atoms with Crippen LogP contribution in [0.5, 0.6) is 0 Å². The second kappa shape index (κ2) is 8.75. The second-order valence-electron chi connectivity index (χ2n) is 6.49. The number of ether oxygens (including phenoxy) is 1. The molecule has 0 aliphatic rings. The molecule has 0 fully saturated rings. The van der Waals surface area contributed by atoms with Crippen LogP contribution < -0.4 is 16.0 Å². The molecule has 0 spiro atoms. The molecule has 9 nitrogen and oxygen atoms in total. The van der Waals surface area contributed by atoms with E-state index in [1.54, 1.807) is 45.0 Å². The van der Waals surface area contributed by atoms with E-state index in [0.29, 0.717) is 11.4 Å². The topological polar surface area (TPSA) is 122 Å². The Hall–Kier alpha value is -3.49. The molecule has 0 aliphatic carbocycles. The van der Waals surface area contributed by atoms with Gasteiger partial charge in [0.1, 0.15) is 17.8 Å². The maximum Gasteiger partial charge on any atom is 0.408 e. The summed E-state index contributed by atoms with van der Waals surface area (Å²) >= 11 is 0. The quantitative estimate of drug-likeness (QED) is 0.740. The lowest BCUT2D eigenvalue weighted by Crippen LogP contribution is -2.37. The Labute approximate surface area is 156 Å². The van der Waals surface area contributed by atoms with Crippen molar-refractivity contribution in [1.29, 1.82) is 0 Å². The summed E-state index contributed by atoms with van der Waals surface area (Å²) in [4.78, 5) is 43.6. The Morgan fingerprint density at radius 1 is 1.04 bits per heavy atom. The van der Waals surface area contributed by atoms with Gasteiger partial charge in [0.2, 0.25) is 5.91 Å². The molecular formula is C18H21N5O4. The first kappa shape index (κ1) is 19.8. The van der Waals surface area contributed by atoms with E-state index in [4.69, 9.17) is 4.74 Å². The number of hydrogen-bond donors (Lipinski definition) is 3. The first-order chi connectivity index (χ1) is 12.7. The Bertz CT molecular complexity index is 818. The van der Waals surface area contributed by atoms with Gasteiger partial charge in [-0.1, -0.05) is 12.1 Å². The largest absolute Gasteiger partial charge is 0.444 e. The van der Waals surface area contributed by atoms with E-state index in [2.05, 4.69) is 25.9 Å². The fourth-order valence-electron chi connectivity index (χ4n) is 1.96. The van der Waals surface area contributed by atoms with E-state index in [9.17, 15) is 14.4 Å². The van der Waals surface area contributed by atoms with Crippen LogP contribution in [0.15, 0.2) is 42.9 Å². The highest BCUT2D eigenvalue weighted by Crippen LogP contribution is 2.21. The normalized spacial score (nSPS) is 10.6. The highest BCUT2D eigenvalue weighted by Gasteiger charge is 2.17. The highest BCUT2D eigenvalue weighted by molar-refractivity contribution is 6.06. The third-order valence-electron chi connectivity index (χ3n) is 3.04. The SMILES string of the molecule is CC(C)(C)OC(=O)NCC(=O)Nc1ccccc1NC(=O)c1cnccn1. The van der Waals surface area contributed by atoms with Gasteiger partial charge >= 0.3 is 6.09 Å². The molecule has 0 saturated carbocycles. The summed E-state index contributed by atoms with van der Waals surface area (Å²) in [5.41, 5.74) is 0.257. The summed E-state index contributed by atoms with van der Waals surface area (Å²) in [7, 11) is 0. The lowest BCUT2D eigenvalue weighted by Gasteiger charge is -2.19. The Morgan fingerprint density at radius 3 is 2.30 bits per heavy atom. The van der Waals surface area contributed by atoms with E-state index in [0.717, 1.165) is 0 Å². The number of anilines is 2. The van der Waals surface area contributed by atoms with E-state index in [-0.39, 0.29) is 12.2 Å². The number of para-hydroxylation sites is 2. The minimum absolute atomic E-state index is 0.144. The molecule has 1 aromatic heterocycles. The molecule has 27 heavy (non-hydrogen) atoms. The van der Waals surface area contributed by atoms with Gasteiger partial charge in [-0.05, 0) is 32.9 Å². The number of hydrogen-bond acceptors (Lipinski definition) is 6. The Kier molecular flexibility index (Phi) is 6.42. The van der Waals surface area contributed by atoms with Crippen molar-refractivity contribution >= 4 is 29.3 Å². The second-order valence-corrected chi connectivity index (χ2v) is 6.49. The third kappa shape index (κ3) is 6.73. The number of alkyl carbamates (subject to hydrolysis) is 1. The molecule has 0 aliphatic heterocycles. The van der Waals surface area contributed by atoms with Crippen molar-refractivity contribution in [3.63, 3.8) is 0 Å². The zero-order chi connectivity index (χ0) is 19.9. The maximum absolute atomic E-state index is 12.2.